The first-order valence-electron chi connectivity index (χ1n) is 7.67. The molecule has 2 aromatic carbocycles. The van der Waals surface area contributed by atoms with Gasteiger partial charge in [-0.05, 0) is 48.0 Å². The maximum absolute atomic E-state index is 11.9. The van der Waals surface area contributed by atoms with Crippen molar-refractivity contribution in [2.75, 3.05) is 13.7 Å². The highest BCUT2D eigenvalue weighted by atomic mass is 35.5. The molecule has 0 aliphatic rings. The molecule has 0 saturated heterocycles. The number of esters is 1. The van der Waals surface area contributed by atoms with Crippen LogP contribution >= 0.6 is 23.2 Å². The molecule has 0 aliphatic carbocycles. The molecule has 0 saturated carbocycles. The minimum absolute atomic E-state index is 0.271. The topological polar surface area (TPSA) is 81.7 Å². The molecule has 0 unspecified atom stereocenters. The molecule has 1 N–H and O–H groups in total. The third-order valence-electron chi connectivity index (χ3n) is 3.31. The Morgan fingerprint density at radius 3 is 2.41 bits per heavy atom. The summed E-state index contributed by atoms with van der Waals surface area (Å²) in [7, 11) is 1.50. The van der Waals surface area contributed by atoms with Crippen molar-refractivity contribution in [3.63, 3.8) is 0 Å². The summed E-state index contributed by atoms with van der Waals surface area (Å²) in [5, 5.41) is 2.96. The van der Waals surface area contributed by atoms with E-state index in [4.69, 9.17) is 32.7 Å². The molecule has 6 nitrogen and oxygen atoms in total. The van der Waals surface area contributed by atoms with Gasteiger partial charge in [-0.25, -0.2) is 4.79 Å². The lowest BCUT2D eigenvalue weighted by Gasteiger charge is -2.05. The zero-order valence-electron chi connectivity index (χ0n) is 14.2. The number of carbonyl (C=O) groups is 3. The maximum atomic E-state index is 11.9. The molecule has 0 fully saturated rings. The Balaban J connectivity index is 1.82. The van der Waals surface area contributed by atoms with Crippen molar-refractivity contribution >= 4 is 47.1 Å². The van der Waals surface area contributed by atoms with E-state index in [2.05, 4.69) is 5.32 Å². The van der Waals surface area contributed by atoms with Crippen LogP contribution in [-0.4, -0.2) is 31.5 Å². The first-order valence-corrected chi connectivity index (χ1v) is 8.43. The van der Waals surface area contributed by atoms with Gasteiger partial charge < -0.3 is 9.47 Å². The predicted octanol–water partition coefficient (Wildman–Crippen LogP) is 3.52. The standard InChI is InChI=1S/C19H15Cl2NO5/c1-26-15-7-3-13(4-8-15)19(25)22-17(23)11-27-18(24)9-5-12-2-6-14(20)10-16(12)21/h2-10H,11H2,1H3,(H,22,23,25)/b9-5+. The first-order chi connectivity index (χ1) is 12.9. The molecule has 2 aromatic rings. The van der Waals surface area contributed by atoms with Gasteiger partial charge in [0.1, 0.15) is 5.75 Å². The predicted molar refractivity (Wildman–Crippen MR) is 102 cm³/mol. The van der Waals surface area contributed by atoms with Gasteiger partial charge in [-0.1, -0.05) is 29.3 Å². The number of hydrogen-bond acceptors (Lipinski definition) is 5. The van der Waals surface area contributed by atoms with Crippen molar-refractivity contribution in [2.45, 2.75) is 0 Å². The van der Waals surface area contributed by atoms with Crippen molar-refractivity contribution in [2.24, 2.45) is 0 Å². The Hall–Kier alpha value is -2.83. The Labute approximate surface area is 165 Å². The second-order valence-corrected chi connectivity index (χ2v) is 6.06. The van der Waals surface area contributed by atoms with Gasteiger partial charge in [0.25, 0.3) is 11.8 Å². The van der Waals surface area contributed by atoms with E-state index in [1.165, 1.54) is 31.4 Å². The highest BCUT2D eigenvalue weighted by molar-refractivity contribution is 6.35. The number of halogens is 2. The van der Waals surface area contributed by atoms with Crippen LogP contribution in [0.3, 0.4) is 0 Å². The fraction of sp³-hybridized carbons (Fsp3) is 0.105. The highest BCUT2D eigenvalue weighted by Gasteiger charge is 2.12. The van der Waals surface area contributed by atoms with Crippen molar-refractivity contribution in [3.8, 4) is 5.75 Å². The van der Waals surface area contributed by atoms with E-state index in [1.807, 2.05) is 0 Å². The minimum Gasteiger partial charge on any atom is -0.497 e. The molecule has 0 radical (unpaired) electrons. The molecule has 0 spiro atoms. The summed E-state index contributed by atoms with van der Waals surface area (Å²) in [4.78, 5) is 35.3. The lowest BCUT2D eigenvalue weighted by atomic mass is 10.2. The lowest BCUT2D eigenvalue weighted by Crippen LogP contribution is -2.34. The van der Waals surface area contributed by atoms with Crippen LogP contribution in [0.25, 0.3) is 6.08 Å². The Morgan fingerprint density at radius 2 is 1.78 bits per heavy atom. The summed E-state index contributed by atoms with van der Waals surface area (Å²) in [6.07, 6.45) is 2.55. The van der Waals surface area contributed by atoms with Crippen LogP contribution in [0.4, 0.5) is 0 Å². The average Bonchev–Trinajstić information content (AvgIpc) is 2.65. The quantitative estimate of drug-likeness (QED) is 0.585. The zero-order valence-corrected chi connectivity index (χ0v) is 15.7. The Morgan fingerprint density at radius 1 is 1.07 bits per heavy atom. The van der Waals surface area contributed by atoms with Crippen molar-refractivity contribution < 1.29 is 23.9 Å². The van der Waals surface area contributed by atoms with Gasteiger partial charge in [-0.2, -0.15) is 0 Å². The number of amides is 2. The van der Waals surface area contributed by atoms with Gasteiger partial charge in [0, 0.05) is 21.7 Å². The summed E-state index contributed by atoms with van der Waals surface area (Å²) in [6, 6.07) is 11.0. The van der Waals surface area contributed by atoms with Crippen LogP contribution in [0.1, 0.15) is 15.9 Å². The van der Waals surface area contributed by atoms with Crippen molar-refractivity contribution in [1.29, 1.82) is 0 Å². The highest BCUT2D eigenvalue weighted by Crippen LogP contribution is 2.21. The molecule has 0 atom stereocenters. The van der Waals surface area contributed by atoms with E-state index in [1.54, 1.807) is 24.3 Å². The molecule has 27 heavy (non-hydrogen) atoms. The summed E-state index contributed by atoms with van der Waals surface area (Å²) in [6.45, 7) is -0.598. The normalized spacial score (nSPS) is 10.5. The van der Waals surface area contributed by atoms with Gasteiger partial charge >= 0.3 is 5.97 Å². The zero-order chi connectivity index (χ0) is 19.8. The van der Waals surface area contributed by atoms with Gasteiger partial charge in [-0.15, -0.1) is 0 Å². The van der Waals surface area contributed by atoms with Crippen LogP contribution in [0.5, 0.6) is 5.75 Å². The number of carbonyl (C=O) groups excluding carboxylic acids is 3. The monoisotopic (exact) mass is 407 g/mol. The summed E-state index contributed by atoms with van der Waals surface area (Å²) in [5.41, 5.74) is 0.838. The van der Waals surface area contributed by atoms with Gasteiger partial charge in [0.2, 0.25) is 0 Å². The van der Waals surface area contributed by atoms with E-state index >= 15 is 0 Å². The van der Waals surface area contributed by atoms with Gasteiger partial charge in [0.05, 0.1) is 7.11 Å². The van der Waals surface area contributed by atoms with Gasteiger partial charge in [-0.3, -0.25) is 14.9 Å². The molecule has 0 heterocycles. The molecule has 0 aromatic heterocycles. The Bertz CT molecular complexity index is 878. The second-order valence-electron chi connectivity index (χ2n) is 5.21. The second kappa shape index (κ2) is 9.75. The van der Waals surface area contributed by atoms with Crippen molar-refractivity contribution in [3.05, 3.63) is 69.7 Å². The summed E-state index contributed by atoms with van der Waals surface area (Å²) in [5.74, 6) is -1.53. The molecule has 2 rings (SSSR count). The average molecular weight is 408 g/mol. The first kappa shape index (κ1) is 20.5. The summed E-state index contributed by atoms with van der Waals surface area (Å²) < 4.78 is 9.77. The Kier molecular flexibility index (Phi) is 7.40. The van der Waals surface area contributed by atoms with Crippen LogP contribution in [0.15, 0.2) is 48.5 Å². The number of methoxy groups -OCH3 is 1. The minimum atomic E-state index is -0.756. The van der Waals surface area contributed by atoms with Crippen LogP contribution in [0.2, 0.25) is 10.0 Å². The number of ether oxygens (including phenoxy) is 2. The largest absolute Gasteiger partial charge is 0.497 e. The number of benzene rings is 2. The maximum Gasteiger partial charge on any atom is 0.331 e. The van der Waals surface area contributed by atoms with E-state index in [9.17, 15) is 14.4 Å². The molecular weight excluding hydrogens is 393 g/mol. The molecule has 0 bridgehead atoms. The number of rotatable bonds is 6. The number of hydrogen-bond donors (Lipinski definition) is 1. The number of nitrogens with one attached hydrogen (secondary N) is 1. The fourth-order valence-corrected chi connectivity index (χ4v) is 2.43. The van der Waals surface area contributed by atoms with E-state index in [-0.39, 0.29) is 5.56 Å². The molecule has 2 amide bonds. The van der Waals surface area contributed by atoms with Crippen LogP contribution in [0, 0.1) is 0 Å². The smallest absolute Gasteiger partial charge is 0.331 e. The van der Waals surface area contributed by atoms with E-state index in [0.29, 0.717) is 21.4 Å². The van der Waals surface area contributed by atoms with Crippen LogP contribution in [-0.2, 0) is 14.3 Å². The third-order valence-corrected chi connectivity index (χ3v) is 3.87. The third kappa shape index (κ3) is 6.44. The number of imide groups is 1. The molecular formula is C19H15Cl2NO5. The van der Waals surface area contributed by atoms with Crippen molar-refractivity contribution in [1.82, 2.24) is 5.32 Å². The van der Waals surface area contributed by atoms with Gasteiger partial charge in [0.15, 0.2) is 6.61 Å². The van der Waals surface area contributed by atoms with E-state index < -0.39 is 24.4 Å². The lowest BCUT2D eigenvalue weighted by molar-refractivity contribution is -0.143. The molecule has 140 valence electrons. The molecule has 8 heteroatoms. The summed E-state index contributed by atoms with van der Waals surface area (Å²) >= 11 is 11.8. The fourth-order valence-electron chi connectivity index (χ4n) is 1.96. The van der Waals surface area contributed by atoms with E-state index in [0.717, 1.165) is 6.08 Å². The van der Waals surface area contributed by atoms with Crippen LogP contribution < -0.4 is 10.1 Å². The SMILES string of the molecule is COc1ccc(C(=O)NC(=O)COC(=O)/C=C/c2ccc(Cl)cc2Cl)cc1. The molecule has 0 aliphatic heterocycles.